The van der Waals surface area contributed by atoms with Gasteiger partial charge in [0.15, 0.2) is 5.78 Å². The fourth-order valence-corrected chi connectivity index (χ4v) is 1.16. The molecular formula is C9H7F3O3. The van der Waals surface area contributed by atoms with Gasteiger partial charge in [-0.05, 0) is 6.08 Å². The first kappa shape index (κ1) is 11.5. The lowest BCUT2D eigenvalue weighted by atomic mass is 9.92. The van der Waals surface area contributed by atoms with Crippen molar-refractivity contribution in [3.05, 3.63) is 23.8 Å². The second-order valence-electron chi connectivity index (χ2n) is 3.06. The van der Waals surface area contributed by atoms with Crippen molar-refractivity contribution < 1.29 is 27.9 Å². The molecule has 1 unspecified atom stereocenters. The molecule has 0 aromatic heterocycles. The Labute approximate surface area is 82.9 Å². The van der Waals surface area contributed by atoms with E-state index in [2.05, 4.69) is 0 Å². The van der Waals surface area contributed by atoms with Gasteiger partial charge in [-0.15, -0.1) is 0 Å². The van der Waals surface area contributed by atoms with Gasteiger partial charge < -0.3 is 5.11 Å². The molecule has 0 saturated carbocycles. The fourth-order valence-electron chi connectivity index (χ4n) is 1.16. The van der Waals surface area contributed by atoms with Crippen LogP contribution in [0.5, 0.6) is 0 Å². The Morgan fingerprint density at radius 2 is 2.07 bits per heavy atom. The van der Waals surface area contributed by atoms with E-state index in [0.717, 1.165) is 12.2 Å². The molecule has 0 aromatic carbocycles. The molecule has 6 heteroatoms. The number of allylic oxidation sites excluding steroid dienone is 4. The van der Waals surface area contributed by atoms with Gasteiger partial charge in [0, 0.05) is 0 Å². The van der Waals surface area contributed by atoms with E-state index in [1.165, 1.54) is 0 Å². The lowest BCUT2D eigenvalue weighted by molar-refractivity contribution is -0.139. The van der Waals surface area contributed by atoms with Crippen molar-refractivity contribution in [3.8, 4) is 0 Å². The van der Waals surface area contributed by atoms with Gasteiger partial charge in [-0.25, -0.2) is 0 Å². The molecule has 0 radical (unpaired) electrons. The molecule has 82 valence electrons. The molecule has 1 N–H and O–H groups in total. The van der Waals surface area contributed by atoms with E-state index in [4.69, 9.17) is 5.11 Å². The summed E-state index contributed by atoms with van der Waals surface area (Å²) in [6, 6.07) is 0. The minimum Gasteiger partial charge on any atom is -0.481 e. The van der Waals surface area contributed by atoms with Gasteiger partial charge in [-0.2, -0.15) is 13.2 Å². The Morgan fingerprint density at radius 3 is 2.47 bits per heavy atom. The van der Waals surface area contributed by atoms with E-state index >= 15 is 0 Å². The maximum absolute atomic E-state index is 12.1. The Hall–Kier alpha value is -1.59. The molecule has 1 atom stereocenters. The molecule has 0 amide bonds. The van der Waals surface area contributed by atoms with Crippen molar-refractivity contribution in [2.45, 2.75) is 12.6 Å². The first-order valence-corrected chi connectivity index (χ1v) is 4.03. The standard InChI is InChI=1S/C9H7F3O3/c10-9(11,12)6-2-1-5(3-8(14)15)7(13)4-6/h1-2,4-5H,3H2,(H,14,15). The molecule has 0 fully saturated rings. The summed E-state index contributed by atoms with van der Waals surface area (Å²) in [4.78, 5) is 21.4. The van der Waals surface area contributed by atoms with Crippen LogP contribution in [0.4, 0.5) is 13.2 Å². The SMILES string of the molecule is O=C(O)CC1C=CC(C(F)(F)F)=CC1=O. The summed E-state index contributed by atoms with van der Waals surface area (Å²) in [6.07, 6.45) is -2.92. The number of carboxylic acids is 1. The molecule has 1 rings (SSSR count). The lowest BCUT2D eigenvalue weighted by Gasteiger charge is -2.14. The van der Waals surface area contributed by atoms with Crippen LogP contribution < -0.4 is 0 Å². The van der Waals surface area contributed by atoms with E-state index in [1.54, 1.807) is 0 Å². The topological polar surface area (TPSA) is 54.4 Å². The first-order chi connectivity index (χ1) is 6.80. The number of aliphatic carboxylic acids is 1. The predicted octanol–water partition coefficient (Wildman–Crippen LogP) is 1.70. The predicted molar refractivity (Wildman–Crippen MR) is 44.0 cm³/mol. The van der Waals surface area contributed by atoms with Crippen LogP contribution in [-0.2, 0) is 9.59 Å². The molecule has 0 bridgehead atoms. The second-order valence-corrected chi connectivity index (χ2v) is 3.06. The number of hydrogen-bond acceptors (Lipinski definition) is 2. The van der Waals surface area contributed by atoms with Crippen molar-refractivity contribution in [2.24, 2.45) is 5.92 Å². The van der Waals surface area contributed by atoms with Crippen LogP contribution in [0.15, 0.2) is 23.8 Å². The summed E-state index contributed by atoms with van der Waals surface area (Å²) in [5.74, 6) is -3.04. The molecule has 0 spiro atoms. The number of alkyl halides is 3. The average molecular weight is 220 g/mol. The van der Waals surface area contributed by atoms with Gasteiger partial charge in [0.05, 0.1) is 17.9 Å². The number of halogens is 3. The van der Waals surface area contributed by atoms with Crippen LogP contribution in [0, 0.1) is 5.92 Å². The van der Waals surface area contributed by atoms with Gasteiger partial charge in [0.1, 0.15) is 0 Å². The van der Waals surface area contributed by atoms with Crippen molar-refractivity contribution in [3.63, 3.8) is 0 Å². The van der Waals surface area contributed by atoms with E-state index in [1.807, 2.05) is 0 Å². The van der Waals surface area contributed by atoms with Crippen molar-refractivity contribution >= 4 is 11.8 Å². The summed E-state index contributed by atoms with van der Waals surface area (Å²) in [7, 11) is 0. The maximum atomic E-state index is 12.1. The van der Waals surface area contributed by atoms with Crippen molar-refractivity contribution in [2.75, 3.05) is 0 Å². The zero-order valence-electron chi connectivity index (χ0n) is 7.41. The summed E-state index contributed by atoms with van der Waals surface area (Å²) in [5, 5.41) is 8.38. The van der Waals surface area contributed by atoms with E-state index in [-0.39, 0.29) is 0 Å². The zero-order valence-corrected chi connectivity index (χ0v) is 7.41. The highest BCUT2D eigenvalue weighted by Crippen LogP contribution is 2.30. The van der Waals surface area contributed by atoms with E-state index < -0.39 is 35.8 Å². The third kappa shape index (κ3) is 2.93. The summed E-state index contributed by atoms with van der Waals surface area (Å²) in [6.45, 7) is 0. The summed E-state index contributed by atoms with van der Waals surface area (Å²) in [5.41, 5.74) is -1.05. The fraction of sp³-hybridized carbons (Fsp3) is 0.333. The normalized spacial score (nSPS) is 21.4. The number of carbonyl (C=O) groups is 2. The highest BCUT2D eigenvalue weighted by atomic mass is 19.4. The van der Waals surface area contributed by atoms with Gasteiger partial charge in [0.2, 0.25) is 0 Å². The second kappa shape index (κ2) is 3.88. The number of rotatable bonds is 2. The number of hydrogen-bond donors (Lipinski definition) is 1. The summed E-state index contributed by atoms with van der Waals surface area (Å²) < 4.78 is 36.3. The average Bonchev–Trinajstić information content (AvgIpc) is 2.05. The van der Waals surface area contributed by atoms with Crippen molar-refractivity contribution in [1.82, 2.24) is 0 Å². The minimum absolute atomic E-state index is 0.438. The minimum atomic E-state index is -4.57. The number of ketones is 1. The molecule has 0 saturated heterocycles. The molecule has 0 aromatic rings. The van der Waals surface area contributed by atoms with Crippen LogP contribution in [0.3, 0.4) is 0 Å². The van der Waals surface area contributed by atoms with Crippen LogP contribution in [0.2, 0.25) is 0 Å². The molecule has 3 nitrogen and oxygen atoms in total. The molecule has 1 aliphatic carbocycles. The molecular weight excluding hydrogens is 213 g/mol. The molecule has 1 aliphatic rings. The van der Waals surface area contributed by atoms with Gasteiger partial charge in [0.25, 0.3) is 0 Å². The maximum Gasteiger partial charge on any atom is 0.416 e. The smallest absolute Gasteiger partial charge is 0.416 e. The van der Waals surface area contributed by atoms with Gasteiger partial charge in [-0.3, -0.25) is 9.59 Å². The Bertz CT molecular complexity index is 352. The largest absolute Gasteiger partial charge is 0.481 e. The monoisotopic (exact) mass is 220 g/mol. The summed E-state index contributed by atoms with van der Waals surface area (Å²) >= 11 is 0. The molecule has 0 aliphatic heterocycles. The molecule has 0 heterocycles. The van der Waals surface area contributed by atoms with Gasteiger partial charge >= 0.3 is 12.1 Å². The van der Waals surface area contributed by atoms with E-state index in [0.29, 0.717) is 6.08 Å². The Morgan fingerprint density at radius 1 is 1.47 bits per heavy atom. The van der Waals surface area contributed by atoms with E-state index in [9.17, 15) is 22.8 Å². The number of carbonyl (C=O) groups excluding carboxylic acids is 1. The lowest BCUT2D eigenvalue weighted by Crippen LogP contribution is -2.21. The third-order valence-corrected chi connectivity index (χ3v) is 1.89. The highest BCUT2D eigenvalue weighted by Gasteiger charge is 2.35. The van der Waals surface area contributed by atoms with Crippen LogP contribution in [0.1, 0.15) is 6.42 Å². The van der Waals surface area contributed by atoms with Crippen LogP contribution in [-0.4, -0.2) is 23.0 Å². The quantitative estimate of drug-likeness (QED) is 0.770. The Balaban J connectivity index is 2.80. The first-order valence-electron chi connectivity index (χ1n) is 4.03. The van der Waals surface area contributed by atoms with Crippen molar-refractivity contribution in [1.29, 1.82) is 0 Å². The molecule has 15 heavy (non-hydrogen) atoms. The van der Waals surface area contributed by atoms with Crippen LogP contribution in [0.25, 0.3) is 0 Å². The Kier molecular flexibility index (Phi) is 2.97. The number of carboxylic acid groups (broad SMARTS) is 1. The third-order valence-electron chi connectivity index (χ3n) is 1.89. The highest BCUT2D eigenvalue weighted by molar-refractivity contribution is 5.97. The van der Waals surface area contributed by atoms with Crippen LogP contribution >= 0.6 is 0 Å². The zero-order chi connectivity index (χ0) is 11.6. The van der Waals surface area contributed by atoms with Gasteiger partial charge in [-0.1, -0.05) is 12.2 Å².